The SMILES string of the molecule is Cc1ccc(-c2ccc(=O)n(CC(=O)NC(=O)Nc3ccccc3)n2)s1. The van der Waals surface area contributed by atoms with E-state index in [1.807, 2.05) is 25.1 Å². The van der Waals surface area contributed by atoms with Gasteiger partial charge in [0.15, 0.2) is 0 Å². The maximum atomic E-state index is 12.0. The molecule has 0 fully saturated rings. The van der Waals surface area contributed by atoms with Gasteiger partial charge in [-0.15, -0.1) is 11.3 Å². The van der Waals surface area contributed by atoms with Crippen LogP contribution in [0.2, 0.25) is 0 Å². The molecule has 0 saturated heterocycles. The second kappa shape index (κ2) is 7.75. The van der Waals surface area contributed by atoms with E-state index < -0.39 is 17.5 Å². The fourth-order valence-electron chi connectivity index (χ4n) is 2.25. The Balaban J connectivity index is 1.67. The van der Waals surface area contributed by atoms with E-state index in [0.29, 0.717) is 11.4 Å². The van der Waals surface area contributed by atoms with Gasteiger partial charge in [0.1, 0.15) is 12.2 Å². The number of aromatic nitrogens is 2. The number of amides is 3. The van der Waals surface area contributed by atoms with E-state index in [1.165, 1.54) is 6.07 Å². The highest BCUT2D eigenvalue weighted by atomic mass is 32.1. The summed E-state index contributed by atoms with van der Waals surface area (Å²) in [6.07, 6.45) is 0. The van der Waals surface area contributed by atoms with Crippen LogP contribution in [-0.4, -0.2) is 21.7 Å². The predicted molar refractivity (Wildman–Crippen MR) is 100 cm³/mol. The first-order valence-electron chi connectivity index (χ1n) is 7.82. The van der Waals surface area contributed by atoms with E-state index in [1.54, 1.807) is 41.7 Å². The van der Waals surface area contributed by atoms with Crippen LogP contribution >= 0.6 is 11.3 Å². The molecule has 1 aromatic carbocycles. The lowest BCUT2D eigenvalue weighted by Crippen LogP contribution is -2.39. The van der Waals surface area contributed by atoms with Gasteiger partial charge in [-0.2, -0.15) is 5.10 Å². The molecule has 7 nitrogen and oxygen atoms in total. The summed E-state index contributed by atoms with van der Waals surface area (Å²) in [6.45, 7) is 1.63. The van der Waals surface area contributed by atoms with Crippen molar-refractivity contribution in [1.82, 2.24) is 15.1 Å². The summed E-state index contributed by atoms with van der Waals surface area (Å²) >= 11 is 1.54. The van der Waals surface area contributed by atoms with Gasteiger partial charge < -0.3 is 5.32 Å². The summed E-state index contributed by atoms with van der Waals surface area (Å²) in [7, 11) is 0. The van der Waals surface area contributed by atoms with E-state index in [2.05, 4.69) is 15.7 Å². The number of nitrogens with one attached hydrogen (secondary N) is 2. The Morgan fingerprint density at radius 3 is 2.54 bits per heavy atom. The van der Waals surface area contributed by atoms with Crippen LogP contribution < -0.4 is 16.2 Å². The monoisotopic (exact) mass is 368 g/mol. The number of hydrogen-bond donors (Lipinski definition) is 2. The zero-order valence-corrected chi connectivity index (χ0v) is 14.7. The number of nitrogens with zero attached hydrogens (tertiary/aromatic N) is 2. The Morgan fingerprint density at radius 2 is 1.85 bits per heavy atom. The van der Waals surface area contributed by atoms with Crippen LogP contribution in [0.1, 0.15) is 4.88 Å². The van der Waals surface area contributed by atoms with E-state index in [9.17, 15) is 14.4 Å². The van der Waals surface area contributed by atoms with Gasteiger partial charge >= 0.3 is 6.03 Å². The summed E-state index contributed by atoms with van der Waals surface area (Å²) in [5.74, 6) is -0.632. The van der Waals surface area contributed by atoms with E-state index in [4.69, 9.17) is 0 Å². The van der Waals surface area contributed by atoms with Gasteiger partial charge in [-0.3, -0.25) is 14.9 Å². The molecule has 3 rings (SSSR count). The first-order valence-corrected chi connectivity index (χ1v) is 8.64. The van der Waals surface area contributed by atoms with E-state index in [0.717, 1.165) is 14.4 Å². The molecule has 0 aliphatic carbocycles. The second-order valence-electron chi connectivity index (χ2n) is 5.49. The average Bonchev–Trinajstić information content (AvgIpc) is 3.04. The molecule has 132 valence electrons. The topological polar surface area (TPSA) is 93.1 Å². The number of urea groups is 1. The van der Waals surface area contributed by atoms with Gasteiger partial charge in [0.25, 0.3) is 5.56 Å². The van der Waals surface area contributed by atoms with Gasteiger partial charge in [-0.05, 0) is 37.3 Å². The predicted octanol–water partition coefficient (Wildman–Crippen LogP) is 2.63. The number of anilines is 1. The normalized spacial score (nSPS) is 10.3. The second-order valence-corrected chi connectivity index (χ2v) is 6.78. The molecule has 0 radical (unpaired) electrons. The van der Waals surface area contributed by atoms with Gasteiger partial charge in [-0.25, -0.2) is 9.48 Å². The summed E-state index contributed by atoms with van der Waals surface area (Å²) in [6, 6.07) is 14.9. The zero-order chi connectivity index (χ0) is 18.5. The Kier molecular flexibility index (Phi) is 5.23. The molecule has 0 unspecified atom stereocenters. The van der Waals surface area contributed by atoms with Crippen molar-refractivity contribution in [1.29, 1.82) is 0 Å². The third kappa shape index (κ3) is 4.42. The van der Waals surface area contributed by atoms with Crippen LogP contribution in [0.3, 0.4) is 0 Å². The quantitative estimate of drug-likeness (QED) is 0.740. The number of thiophene rings is 1. The molecule has 26 heavy (non-hydrogen) atoms. The lowest BCUT2D eigenvalue weighted by molar-refractivity contribution is -0.120. The van der Waals surface area contributed by atoms with E-state index in [-0.39, 0.29) is 6.54 Å². The smallest absolute Gasteiger partial charge is 0.308 e. The van der Waals surface area contributed by atoms with Crippen molar-refractivity contribution in [3.63, 3.8) is 0 Å². The standard InChI is InChI=1S/C18H16N4O3S/c1-12-7-9-15(26-12)14-8-10-17(24)22(21-14)11-16(23)20-18(25)19-13-5-3-2-4-6-13/h2-10H,11H2,1H3,(H2,19,20,23,25). The molecule has 0 spiro atoms. The summed E-state index contributed by atoms with van der Waals surface area (Å²) in [5.41, 5.74) is 0.744. The zero-order valence-electron chi connectivity index (χ0n) is 13.9. The molecule has 3 aromatic rings. The molecular weight excluding hydrogens is 352 g/mol. The highest BCUT2D eigenvalue weighted by molar-refractivity contribution is 7.15. The number of rotatable bonds is 4. The molecule has 8 heteroatoms. The summed E-state index contributed by atoms with van der Waals surface area (Å²) in [4.78, 5) is 37.9. The molecule has 2 aromatic heterocycles. The fourth-order valence-corrected chi connectivity index (χ4v) is 3.08. The third-order valence-electron chi connectivity index (χ3n) is 3.44. The minimum Gasteiger partial charge on any atom is -0.308 e. The molecule has 0 aliphatic heterocycles. The highest BCUT2D eigenvalue weighted by Crippen LogP contribution is 2.24. The van der Waals surface area contributed by atoms with Crippen molar-refractivity contribution in [3.05, 3.63) is 69.8 Å². The van der Waals surface area contributed by atoms with Crippen molar-refractivity contribution >= 4 is 29.0 Å². The van der Waals surface area contributed by atoms with Crippen molar-refractivity contribution < 1.29 is 9.59 Å². The van der Waals surface area contributed by atoms with Gasteiger partial charge in [0.05, 0.1) is 4.88 Å². The van der Waals surface area contributed by atoms with Crippen LogP contribution in [-0.2, 0) is 11.3 Å². The number of carbonyl (C=O) groups excluding carboxylic acids is 2. The molecule has 3 amide bonds. The maximum absolute atomic E-state index is 12.0. The number of hydrogen-bond acceptors (Lipinski definition) is 5. The van der Waals surface area contributed by atoms with Crippen LogP contribution in [0.25, 0.3) is 10.6 Å². The minimum atomic E-state index is -0.667. The Hall–Kier alpha value is -3.26. The van der Waals surface area contributed by atoms with Crippen LogP contribution in [0.4, 0.5) is 10.5 Å². The molecule has 0 atom stereocenters. The Labute approximate surface area is 153 Å². The molecule has 2 heterocycles. The highest BCUT2D eigenvalue weighted by Gasteiger charge is 2.12. The first-order chi connectivity index (χ1) is 12.5. The average molecular weight is 368 g/mol. The number of carbonyl (C=O) groups is 2. The summed E-state index contributed by atoms with van der Waals surface area (Å²) in [5, 5.41) is 8.93. The number of aryl methyl sites for hydroxylation is 1. The fraction of sp³-hybridized carbons (Fsp3) is 0.111. The van der Waals surface area contributed by atoms with Crippen LogP contribution in [0.15, 0.2) is 59.4 Å². The van der Waals surface area contributed by atoms with Crippen LogP contribution in [0, 0.1) is 6.92 Å². The van der Waals surface area contributed by atoms with Gasteiger partial charge in [0.2, 0.25) is 5.91 Å². The van der Waals surface area contributed by atoms with Crippen molar-refractivity contribution in [3.8, 4) is 10.6 Å². The molecule has 0 bridgehead atoms. The Morgan fingerprint density at radius 1 is 1.08 bits per heavy atom. The minimum absolute atomic E-state index is 0.348. The van der Waals surface area contributed by atoms with Gasteiger partial charge in [0, 0.05) is 16.6 Å². The lowest BCUT2D eigenvalue weighted by atomic mass is 10.3. The molecule has 0 saturated carbocycles. The van der Waals surface area contributed by atoms with Crippen molar-refractivity contribution in [2.75, 3.05) is 5.32 Å². The lowest BCUT2D eigenvalue weighted by Gasteiger charge is -2.08. The molecule has 2 N–H and O–H groups in total. The summed E-state index contributed by atoms with van der Waals surface area (Å²) < 4.78 is 1.04. The van der Waals surface area contributed by atoms with Crippen LogP contribution in [0.5, 0.6) is 0 Å². The maximum Gasteiger partial charge on any atom is 0.325 e. The Bertz CT molecular complexity index is 995. The third-order valence-corrected chi connectivity index (χ3v) is 4.46. The van der Waals surface area contributed by atoms with E-state index >= 15 is 0 Å². The van der Waals surface area contributed by atoms with Crippen molar-refractivity contribution in [2.45, 2.75) is 13.5 Å². The molecule has 0 aliphatic rings. The number of benzene rings is 1. The largest absolute Gasteiger partial charge is 0.325 e. The van der Waals surface area contributed by atoms with Gasteiger partial charge in [-0.1, -0.05) is 18.2 Å². The molecular formula is C18H16N4O3S. The van der Waals surface area contributed by atoms with Crippen molar-refractivity contribution in [2.24, 2.45) is 0 Å². The first kappa shape index (κ1) is 17.6. The number of para-hydroxylation sites is 1. The number of imide groups is 1.